The van der Waals surface area contributed by atoms with Crippen LogP contribution in [0.3, 0.4) is 0 Å². The Morgan fingerprint density at radius 3 is 2.66 bits per heavy atom. The first-order valence-corrected chi connectivity index (χ1v) is 11.8. The Kier molecular flexibility index (Phi) is 8.29. The van der Waals surface area contributed by atoms with Crippen LogP contribution in [0.1, 0.15) is 29.5 Å². The summed E-state index contributed by atoms with van der Waals surface area (Å²) in [5.74, 6) is -0.212. The van der Waals surface area contributed by atoms with Crippen molar-refractivity contribution in [2.45, 2.75) is 31.0 Å². The molecule has 0 spiro atoms. The molecule has 1 aliphatic carbocycles. The molecule has 2 aromatic rings. The summed E-state index contributed by atoms with van der Waals surface area (Å²) in [6.45, 7) is 1.86. The number of benzene rings is 2. The number of ether oxygens (including phenoxy) is 4. The summed E-state index contributed by atoms with van der Waals surface area (Å²) in [6.07, 6.45) is 5.75. The van der Waals surface area contributed by atoms with Crippen molar-refractivity contribution >= 4 is 5.97 Å². The van der Waals surface area contributed by atoms with Crippen molar-refractivity contribution in [2.24, 2.45) is 11.8 Å². The molecule has 184 valence electrons. The molecule has 0 amide bonds. The van der Waals surface area contributed by atoms with Gasteiger partial charge in [-0.2, -0.15) is 5.26 Å². The number of methoxy groups -OCH3 is 1. The number of fused-ring (bicyclic) bond motifs is 2. The highest BCUT2D eigenvalue weighted by molar-refractivity contribution is 5.70. The quantitative estimate of drug-likeness (QED) is 0.271. The van der Waals surface area contributed by atoms with E-state index in [1.807, 2.05) is 30.3 Å². The molecule has 2 fully saturated rings. The van der Waals surface area contributed by atoms with Gasteiger partial charge in [-0.15, -0.1) is 0 Å². The van der Waals surface area contributed by atoms with Gasteiger partial charge in [0.1, 0.15) is 12.4 Å². The normalized spacial score (nSPS) is 25.1. The van der Waals surface area contributed by atoms with Crippen LogP contribution < -0.4 is 0 Å². The van der Waals surface area contributed by atoms with E-state index in [0.29, 0.717) is 32.0 Å². The number of carbonyl (C=O) groups is 1. The van der Waals surface area contributed by atoms with Crippen molar-refractivity contribution in [2.75, 3.05) is 33.5 Å². The molecular formula is C28H30FNO5. The highest BCUT2D eigenvalue weighted by atomic mass is 19.1. The van der Waals surface area contributed by atoms with Crippen molar-refractivity contribution < 1.29 is 28.1 Å². The van der Waals surface area contributed by atoms with E-state index in [4.69, 9.17) is 19.5 Å². The van der Waals surface area contributed by atoms with Crippen molar-refractivity contribution in [3.63, 3.8) is 0 Å². The first kappa shape index (κ1) is 25.1. The number of rotatable bonds is 11. The predicted octanol–water partition coefficient (Wildman–Crippen LogP) is 4.32. The second kappa shape index (κ2) is 11.6. The van der Waals surface area contributed by atoms with Gasteiger partial charge >= 0.3 is 5.97 Å². The number of nitrogens with zero attached hydrogens (tertiary/aromatic N) is 1. The largest absolute Gasteiger partial charge is 0.467 e. The van der Waals surface area contributed by atoms with E-state index in [0.717, 1.165) is 24.0 Å². The number of allylic oxidation sites excluding steroid dienone is 1. The molecule has 4 unspecified atom stereocenters. The number of carbonyl (C=O) groups excluding carboxylic acids is 1. The molecule has 4 rings (SSSR count). The minimum atomic E-state index is -0.404. The molecule has 4 atom stereocenters. The molecule has 0 N–H and O–H groups in total. The summed E-state index contributed by atoms with van der Waals surface area (Å²) >= 11 is 0. The Morgan fingerprint density at radius 2 is 1.94 bits per heavy atom. The second-order valence-electron chi connectivity index (χ2n) is 9.11. The van der Waals surface area contributed by atoms with E-state index < -0.39 is 5.97 Å². The van der Waals surface area contributed by atoms with E-state index >= 15 is 0 Å². The van der Waals surface area contributed by atoms with E-state index in [-0.39, 0.29) is 35.8 Å². The number of nitriles is 1. The highest BCUT2D eigenvalue weighted by Crippen LogP contribution is 2.56. The Labute approximate surface area is 205 Å². The lowest BCUT2D eigenvalue weighted by Crippen LogP contribution is -2.41. The van der Waals surface area contributed by atoms with Crippen LogP contribution in [0.4, 0.5) is 4.39 Å². The maximum atomic E-state index is 13.6. The van der Waals surface area contributed by atoms with Gasteiger partial charge in [0.05, 0.1) is 51.3 Å². The third-order valence-electron chi connectivity index (χ3n) is 7.12. The molecule has 1 heterocycles. The Hall–Kier alpha value is -3.05. The van der Waals surface area contributed by atoms with Crippen LogP contribution in [0.25, 0.3) is 0 Å². The summed E-state index contributed by atoms with van der Waals surface area (Å²) < 4.78 is 35.8. The topological polar surface area (TPSA) is 77.8 Å². The van der Waals surface area contributed by atoms with Gasteiger partial charge in [-0.25, -0.2) is 9.18 Å². The van der Waals surface area contributed by atoms with Gasteiger partial charge in [0.2, 0.25) is 0 Å². The van der Waals surface area contributed by atoms with Crippen LogP contribution in [0.15, 0.2) is 60.7 Å². The molecule has 1 saturated heterocycles. The van der Waals surface area contributed by atoms with Crippen molar-refractivity contribution in [1.82, 2.24) is 0 Å². The molecule has 2 bridgehead atoms. The van der Waals surface area contributed by atoms with E-state index in [1.54, 1.807) is 12.1 Å². The van der Waals surface area contributed by atoms with Gasteiger partial charge < -0.3 is 18.9 Å². The number of esters is 1. The van der Waals surface area contributed by atoms with Crippen molar-refractivity contribution in [3.05, 3.63) is 83.2 Å². The highest BCUT2D eigenvalue weighted by Gasteiger charge is 2.59. The zero-order valence-corrected chi connectivity index (χ0v) is 19.8. The van der Waals surface area contributed by atoms with E-state index in [9.17, 15) is 9.18 Å². The first-order chi connectivity index (χ1) is 17.1. The fourth-order valence-corrected chi connectivity index (χ4v) is 5.32. The number of hydrogen-bond acceptors (Lipinski definition) is 6. The van der Waals surface area contributed by atoms with Crippen LogP contribution in [0.2, 0.25) is 0 Å². The average Bonchev–Trinajstić information content (AvgIpc) is 3.45. The van der Waals surface area contributed by atoms with Crippen LogP contribution in [-0.4, -0.2) is 45.6 Å². The molecule has 1 aliphatic heterocycles. The summed E-state index contributed by atoms with van der Waals surface area (Å²) in [6, 6.07) is 16.3. The lowest BCUT2D eigenvalue weighted by atomic mass is 9.69. The molecule has 2 aliphatic rings. The van der Waals surface area contributed by atoms with Gasteiger partial charge in [-0.05, 0) is 54.2 Å². The lowest BCUT2D eigenvalue weighted by molar-refractivity contribution is -0.145. The van der Waals surface area contributed by atoms with Crippen LogP contribution in [-0.2, 0) is 35.8 Å². The van der Waals surface area contributed by atoms with Crippen LogP contribution in [0.5, 0.6) is 0 Å². The Bertz CT molecular complexity index is 1060. The monoisotopic (exact) mass is 479 g/mol. The fourth-order valence-electron chi connectivity index (χ4n) is 5.32. The summed E-state index contributed by atoms with van der Waals surface area (Å²) in [4.78, 5) is 11.2. The molecule has 6 nitrogen and oxygen atoms in total. The number of hydrogen-bond donors (Lipinski definition) is 0. The molecule has 0 radical (unpaired) electrons. The summed E-state index contributed by atoms with van der Waals surface area (Å²) in [5.41, 5.74) is 2.54. The molecule has 2 aromatic carbocycles. The van der Waals surface area contributed by atoms with Gasteiger partial charge in [0, 0.05) is 11.3 Å². The third kappa shape index (κ3) is 5.79. The fraction of sp³-hybridized carbons (Fsp3) is 0.429. The SMILES string of the molecule is COC(=O)COC/C=C/CC1C(COCc2ccc(C#N)cc2)C2CC1(c1ccc(F)cc1)CO2. The van der Waals surface area contributed by atoms with Gasteiger partial charge in [-0.3, -0.25) is 0 Å². The van der Waals surface area contributed by atoms with Crippen LogP contribution >= 0.6 is 0 Å². The standard InChI is InChI=1S/C28H30FNO5/c1-32-27(31)18-33-13-3-2-4-25-24(17-34-16-21-7-5-20(15-30)6-8-21)26-14-28(25,19-35-26)22-9-11-23(29)12-10-22/h2-3,5-12,24-26H,4,13-14,16-19H2,1H3/b3-2+. The molecule has 7 heteroatoms. The van der Waals surface area contributed by atoms with Gasteiger partial charge in [0.15, 0.2) is 0 Å². The molecule has 0 aromatic heterocycles. The Balaban J connectivity index is 1.43. The summed E-state index contributed by atoms with van der Waals surface area (Å²) in [5, 5.41) is 8.98. The summed E-state index contributed by atoms with van der Waals surface area (Å²) in [7, 11) is 1.33. The van der Waals surface area contributed by atoms with E-state index in [2.05, 4.69) is 16.9 Å². The minimum absolute atomic E-state index is 0.0779. The smallest absolute Gasteiger partial charge is 0.331 e. The lowest BCUT2D eigenvalue weighted by Gasteiger charge is -2.39. The molecule has 1 saturated carbocycles. The van der Waals surface area contributed by atoms with Crippen molar-refractivity contribution in [3.8, 4) is 6.07 Å². The molecule has 35 heavy (non-hydrogen) atoms. The average molecular weight is 480 g/mol. The van der Waals surface area contributed by atoms with Gasteiger partial charge in [-0.1, -0.05) is 36.4 Å². The second-order valence-corrected chi connectivity index (χ2v) is 9.11. The number of halogens is 1. The van der Waals surface area contributed by atoms with Crippen molar-refractivity contribution in [1.29, 1.82) is 5.26 Å². The van der Waals surface area contributed by atoms with Crippen LogP contribution in [0, 0.1) is 29.0 Å². The minimum Gasteiger partial charge on any atom is -0.467 e. The third-order valence-corrected chi connectivity index (χ3v) is 7.12. The first-order valence-electron chi connectivity index (χ1n) is 11.8. The maximum absolute atomic E-state index is 13.6. The van der Waals surface area contributed by atoms with Gasteiger partial charge in [0.25, 0.3) is 0 Å². The zero-order valence-electron chi connectivity index (χ0n) is 19.8. The Morgan fingerprint density at radius 1 is 1.17 bits per heavy atom. The van der Waals surface area contributed by atoms with E-state index in [1.165, 1.54) is 19.2 Å². The predicted molar refractivity (Wildman–Crippen MR) is 127 cm³/mol. The maximum Gasteiger partial charge on any atom is 0.331 e. The molecular weight excluding hydrogens is 449 g/mol. The zero-order chi connectivity index (χ0) is 24.7.